The number of carbonyl (C=O) groups excluding carboxylic acids is 1. The first-order valence-electron chi connectivity index (χ1n) is 5.90. The van der Waals surface area contributed by atoms with Gasteiger partial charge in [0.05, 0.1) is 5.69 Å². The van der Waals surface area contributed by atoms with Gasteiger partial charge in [0.15, 0.2) is 0 Å². The maximum atomic E-state index is 11.4. The van der Waals surface area contributed by atoms with Crippen molar-refractivity contribution in [2.24, 2.45) is 12.8 Å². The molecule has 0 bridgehead atoms. The quantitative estimate of drug-likeness (QED) is 0.687. The van der Waals surface area contributed by atoms with E-state index in [2.05, 4.69) is 15.7 Å². The number of aromatic nitrogens is 2. The molecule has 0 radical (unpaired) electrons. The molecule has 0 spiro atoms. The van der Waals surface area contributed by atoms with Crippen LogP contribution in [0.3, 0.4) is 0 Å². The molecule has 2 rings (SSSR count). The Morgan fingerprint density at radius 2 is 2.47 bits per heavy atom. The summed E-state index contributed by atoms with van der Waals surface area (Å²) in [4.78, 5) is 11.4. The molecule has 6 nitrogen and oxygen atoms in total. The molecular formula is C11H19N5O. The third kappa shape index (κ3) is 2.41. The lowest BCUT2D eigenvalue weighted by atomic mass is 10.2. The maximum Gasteiger partial charge on any atom is 0.254 e. The number of primary amides is 1. The summed E-state index contributed by atoms with van der Waals surface area (Å²) < 4.78 is 1.67. The first kappa shape index (κ1) is 11.9. The zero-order valence-electron chi connectivity index (χ0n) is 10.3. The molecule has 17 heavy (non-hydrogen) atoms. The second-order valence-electron chi connectivity index (χ2n) is 4.47. The average molecular weight is 237 g/mol. The molecule has 94 valence electrons. The minimum absolute atomic E-state index is 0.433. The van der Waals surface area contributed by atoms with E-state index >= 15 is 0 Å². The van der Waals surface area contributed by atoms with Crippen LogP contribution in [0, 0.1) is 6.92 Å². The van der Waals surface area contributed by atoms with Crippen molar-refractivity contribution in [1.29, 1.82) is 0 Å². The predicted molar refractivity (Wildman–Crippen MR) is 66.0 cm³/mol. The molecule has 6 heteroatoms. The monoisotopic (exact) mass is 237 g/mol. The van der Waals surface area contributed by atoms with E-state index in [9.17, 15) is 4.79 Å². The number of nitrogens with zero attached hydrogens (tertiary/aromatic N) is 2. The van der Waals surface area contributed by atoms with Gasteiger partial charge in [0.25, 0.3) is 5.91 Å². The van der Waals surface area contributed by atoms with Gasteiger partial charge in [-0.2, -0.15) is 5.10 Å². The smallest absolute Gasteiger partial charge is 0.254 e. The van der Waals surface area contributed by atoms with E-state index in [0.717, 1.165) is 19.5 Å². The molecule has 1 aromatic heterocycles. The van der Waals surface area contributed by atoms with E-state index in [1.54, 1.807) is 11.6 Å². The van der Waals surface area contributed by atoms with Crippen molar-refractivity contribution < 1.29 is 4.79 Å². The van der Waals surface area contributed by atoms with Crippen LogP contribution in [0.1, 0.15) is 28.9 Å². The van der Waals surface area contributed by atoms with E-state index in [4.69, 9.17) is 5.73 Å². The Labute approximate surface area is 101 Å². The van der Waals surface area contributed by atoms with E-state index in [-0.39, 0.29) is 0 Å². The van der Waals surface area contributed by atoms with Crippen LogP contribution in [-0.2, 0) is 7.05 Å². The number of amides is 1. The summed E-state index contributed by atoms with van der Waals surface area (Å²) >= 11 is 0. The van der Waals surface area contributed by atoms with E-state index in [1.807, 2.05) is 7.05 Å². The second-order valence-corrected chi connectivity index (χ2v) is 4.47. The van der Waals surface area contributed by atoms with Gasteiger partial charge in [0.2, 0.25) is 0 Å². The lowest BCUT2D eigenvalue weighted by Crippen LogP contribution is -2.30. The summed E-state index contributed by atoms with van der Waals surface area (Å²) in [6.07, 6.45) is 2.37. The summed E-state index contributed by atoms with van der Waals surface area (Å²) in [6, 6.07) is 0.464. The number of nitrogens with one attached hydrogen (secondary N) is 2. The molecule has 2 heterocycles. The molecule has 1 saturated heterocycles. The molecule has 0 aromatic carbocycles. The lowest BCUT2D eigenvalue weighted by molar-refractivity contribution is 0.100. The van der Waals surface area contributed by atoms with Gasteiger partial charge in [-0.25, -0.2) is 0 Å². The molecule has 1 atom stereocenters. The summed E-state index contributed by atoms with van der Waals surface area (Å²) in [5, 5.41) is 10.9. The van der Waals surface area contributed by atoms with E-state index in [0.29, 0.717) is 23.1 Å². The SMILES string of the molecule is Cc1nn(C)c(NCC2CCCN2)c1C(N)=O. The Morgan fingerprint density at radius 3 is 3.06 bits per heavy atom. The van der Waals surface area contributed by atoms with Crippen molar-refractivity contribution in [3.8, 4) is 0 Å². The number of nitrogens with two attached hydrogens (primary N) is 1. The topological polar surface area (TPSA) is 85.0 Å². The Bertz CT molecular complexity index is 420. The summed E-state index contributed by atoms with van der Waals surface area (Å²) in [5.41, 5.74) is 6.52. The van der Waals surface area contributed by atoms with Crippen molar-refractivity contribution in [1.82, 2.24) is 15.1 Å². The Morgan fingerprint density at radius 1 is 1.71 bits per heavy atom. The Balaban J connectivity index is 2.11. The highest BCUT2D eigenvalue weighted by atomic mass is 16.1. The van der Waals surface area contributed by atoms with Crippen molar-refractivity contribution in [2.45, 2.75) is 25.8 Å². The first-order valence-corrected chi connectivity index (χ1v) is 5.90. The number of anilines is 1. The fourth-order valence-electron chi connectivity index (χ4n) is 2.31. The molecule has 1 aromatic rings. The van der Waals surface area contributed by atoms with Gasteiger partial charge in [-0.15, -0.1) is 0 Å². The van der Waals surface area contributed by atoms with Crippen LogP contribution in [0.5, 0.6) is 0 Å². The lowest BCUT2D eigenvalue weighted by Gasteiger charge is -2.13. The molecule has 1 fully saturated rings. The van der Waals surface area contributed by atoms with Crippen LogP contribution in [0.15, 0.2) is 0 Å². The normalized spacial score (nSPS) is 19.5. The zero-order chi connectivity index (χ0) is 12.4. The van der Waals surface area contributed by atoms with Crippen LogP contribution in [0.4, 0.5) is 5.82 Å². The minimum Gasteiger partial charge on any atom is -0.368 e. The number of hydrogen-bond donors (Lipinski definition) is 3. The van der Waals surface area contributed by atoms with Crippen LogP contribution >= 0.6 is 0 Å². The van der Waals surface area contributed by atoms with Crippen LogP contribution in [0.25, 0.3) is 0 Å². The van der Waals surface area contributed by atoms with E-state index in [1.165, 1.54) is 6.42 Å². The second kappa shape index (κ2) is 4.75. The highest BCUT2D eigenvalue weighted by Crippen LogP contribution is 2.18. The summed E-state index contributed by atoms with van der Waals surface area (Å²) in [6.45, 7) is 3.65. The highest BCUT2D eigenvalue weighted by molar-refractivity contribution is 5.98. The minimum atomic E-state index is -0.433. The van der Waals surface area contributed by atoms with Crippen LogP contribution < -0.4 is 16.4 Å². The van der Waals surface area contributed by atoms with Crippen molar-refractivity contribution in [2.75, 3.05) is 18.4 Å². The van der Waals surface area contributed by atoms with Crippen molar-refractivity contribution in [3.63, 3.8) is 0 Å². The Hall–Kier alpha value is -1.56. The van der Waals surface area contributed by atoms with Gasteiger partial charge in [0, 0.05) is 19.6 Å². The standard InChI is InChI=1S/C11H19N5O/c1-7-9(10(12)17)11(16(2)15-7)14-6-8-4-3-5-13-8/h8,13-14H,3-6H2,1-2H3,(H2,12,17). The highest BCUT2D eigenvalue weighted by Gasteiger charge is 2.20. The molecule has 1 aliphatic rings. The molecular weight excluding hydrogens is 218 g/mol. The number of rotatable bonds is 4. The average Bonchev–Trinajstić information content (AvgIpc) is 2.83. The van der Waals surface area contributed by atoms with E-state index < -0.39 is 5.91 Å². The molecule has 1 unspecified atom stereocenters. The van der Waals surface area contributed by atoms with Crippen molar-refractivity contribution in [3.05, 3.63) is 11.3 Å². The third-order valence-electron chi connectivity index (χ3n) is 3.15. The summed E-state index contributed by atoms with van der Waals surface area (Å²) in [5.74, 6) is 0.279. The molecule has 1 amide bonds. The van der Waals surface area contributed by atoms with Crippen molar-refractivity contribution >= 4 is 11.7 Å². The van der Waals surface area contributed by atoms with Gasteiger partial charge >= 0.3 is 0 Å². The third-order valence-corrected chi connectivity index (χ3v) is 3.15. The fourth-order valence-corrected chi connectivity index (χ4v) is 2.31. The maximum absolute atomic E-state index is 11.4. The first-order chi connectivity index (χ1) is 8.09. The fraction of sp³-hybridized carbons (Fsp3) is 0.636. The van der Waals surface area contributed by atoms with Crippen LogP contribution in [-0.4, -0.2) is 34.8 Å². The number of hydrogen-bond acceptors (Lipinski definition) is 4. The largest absolute Gasteiger partial charge is 0.368 e. The number of aryl methyl sites for hydroxylation is 2. The zero-order valence-corrected chi connectivity index (χ0v) is 10.3. The van der Waals surface area contributed by atoms with Gasteiger partial charge in [-0.3, -0.25) is 9.48 Å². The van der Waals surface area contributed by atoms with Crippen LogP contribution in [0.2, 0.25) is 0 Å². The summed E-state index contributed by atoms with van der Waals surface area (Å²) in [7, 11) is 1.81. The number of carbonyl (C=O) groups is 1. The molecule has 0 aliphatic carbocycles. The predicted octanol–water partition coefficient (Wildman–Crippen LogP) is -0.00868. The Kier molecular flexibility index (Phi) is 3.33. The molecule has 4 N–H and O–H groups in total. The van der Waals surface area contributed by atoms with Gasteiger partial charge in [-0.1, -0.05) is 0 Å². The van der Waals surface area contributed by atoms with Gasteiger partial charge in [-0.05, 0) is 26.3 Å². The van der Waals surface area contributed by atoms with Gasteiger partial charge < -0.3 is 16.4 Å². The molecule has 1 aliphatic heterocycles. The molecule has 0 saturated carbocycles. The van der Waals surface area contributed by atoms with Gasteiger partial charge in [0.1, 0.15) is 11.4 Å².